The predicted octanol–water partition coefficient (Wildman–Crippen LogP) is 9.44. The zero-order valence-electron chi connectivity index (χ0n) is 29.8. The van der Waals surface area contributed by atoms with Gasteiger partial charge in [-0.1, -0.05) is 109 Å². The van der Waals surface area contributed by atoms with Crippen LogP contribution in [-0.2, 0) is 4.79 Å². The number of aryl methyl sites for hydroxylation is 3. The molecule has 53 heavy (non-hydrogen) atoms. The van der Waals surface area contributed by atoms with Gasteiger partial charge in [0.25, 0.3) is 0 Å². The van der Waals surface area contributed by atoms with Crippen molar-refractivity contribution >= 4 is 45.5 Å². The number of rotatable bonds is 4. The second kappa shape index (κ2) is 18.3. The van der Waals surface area contributed by atoms with Gasteiger partial charge in [0.2, 0.25) is 5.78 Å². The van der Waals surface area contributed by atoms with E-state index in [-0.39, 0.29) is 0 Å². The van der Waals surface area contributed by atoms with E-state index in [9.17, 15) is 9.59 Å². The van der Waals surface area contributed by atoms with Gasteiger partial charge in [0.15, 0.2) is 6.29 Å². The Balaban J connectivity index is 0.000000142. The molecule has 6 aromatic carbocycles. The van der Waals surface area contributed by atoms with E-state index in [0.717, 1.165) is 50.1 Å². The SMILES string of the molecule is Cc1ccc(N)c(N)c1.Cc1ccc2nc(-c3ccccc3)cnc2c1.Cc1ccc2ncc(-c3ccccc3)nc2c1.O=CC(=O)c1ccccc1. The summed E-state index contributed by atoms with van der Waals surface area (Å²) in [5, 5.41) is 0. The van der Waals surface area contributed by atoms with Crippen molar-refractivity contribution in [3.05, 3.63) is 180 Å². The summed E-state index contributed by atoms with van der Waals surface area (Å²) in [5.41, 5.74) is 24.1. The lowest BCUT2D eigenvalue weighted by atomic mass is 10.1. The molecule has 8 rings (SSSR count). The van der Waals surface area contributed by atoms with Gasteiger partial charge in [-0.05, 0) is 73.9 Å². The number of hydrogen-bond donors (Lipinski definition) is 2. The van der Waals surface area contributed by atoms with Crippen LogP contribution in [0.3, 0.4) is 0 Å². The lowest BCUT2D eigenvalue weighted by Crippen LogP contribution is -1.97. The number of nitrogen functional groups attached to an aromatic ring is 2. The van der Waals surface area contributed by atoms with Gasteiger partial charge < -0.3 is 11.5 Å². The van der Waals surface area contributed by atoms with E-state index in [1.165, 1.54) is 11.1 Å². The van der Waals surface area contributed by atoms with Crippen LogP contribution in [0.15, 0.2) is 158 Å². The summed E-state index contributed by atoms with van der Waals surface area (Å²) < 4.78 is 0. The molecule has 0 bridgehead atoms. The standard InChI is InChI=1S/2C15H12N2.C8H6O2.C7H10N2/c1-11-7-8-13-14(9-11)16-10-15(17-13)12-5-3-2-4-6-12;1-11-7-8-13-14(9-11)17-15(10-16-13)12-5-3-2-4-6-12;9-6-8(10)7-4-2-1-3-5-7;1-5-2-3-6(8)7(9)4-5/h2*2-10H,1H3;1-6H;2-4H,8-9H2,1H3. The molecular weight excluding hydrogens is 657 g/mol. The number of carbonyl (C=O) groups excluding carboxylic acids is 2. The quantitative estimate of drug-likeness (QED) is 0.0803. The maximum Gasteiger partial charge on any atom is 0.225 e. The number of nitrogens with zero attached hydrogens (tertiary/aromatic N) is 4. The molecule has 0 aliphatic rings. The molecular formula is C45H40N6O2. The molecule has 0 fully saturated rings. The van der Waals surface area contributed by atoms with Crippen molar-refractivity contribution in [1.82, 2.24) is 19.9 Å². The van der Waals surface area contributed by atoms with Crippen LogP contribution in [0.25, 0.3) is 44.6 Å². The predicted molar refractivity (Wildman–Crippen MR) is 216 cm³/mol. The number of benzene rings is 6. The van der Waals surface area contributed by atoms with Crippen LogP contribution in [0.1, 0.15) is 27.0 Å². The Bertz CT molecular complexity index is 2440. The molecule has 0 atom stereocenters. The smallest absolute Gasteiger partial charge is 0.225 e. The van der Waals surface area contributed by atoms with Crippen LogP contribution in [0.5, 0.6) is 0 Å². The minimum Gasteiger partial charge on any atom is -0.397 e. The van der Waals surface area contributed by atoms with E-state index in [1.807, 2.05) is 110 Å². The summed E-state index contributed by atoms with van der Waals surface area (Å²) in [6.45, 7) is 6.11. The molecule has 0 unspecified atom stereocenters. The molecule has 0 amide bonds. The summed E-state index contributed by atoms with van der Waals surface area (Å²) in [7, 11) is 0. The number of aldehydes is 1. The molecule has 0 saturated heterocycles. The second-order valence-corrected chi connectivity index (χ2v) is 12.2. The molecule has 2 heterocycles. The molecule has 262 valence electrons. The van der Waals surface area contributed by atoms with E-state index in [1.54, 1.807) is 30.3 Å². The molecule has 8 heteroatoms. The van der Waals surface area contributed by atoms with E-state index in [0.29, 0.717) is 23.2 Å². The fourth-order valence-corrected chi connectivity index (χ4v) is 5.10. The molecule has 8 nitrogen and oxygen atoms in total. The molecule has 0 radical (unpaired) electrons. The van der Waals surface area contributed by atoms with Gasteiger partial charge in [0.05, 0.1) is 57.2 Å². The number of Topliss-reactive ketones (excluding diaryl/α,β-unsaturated/α-hetero) is 1. The summed E-state index contributed by atoms with van der Waals surface area (Å²) in [6.07, 6.45) is 3.97. The molecule has 0 spiro atoms. The van der Waals surface area contributed by atoms with Crippen LogP contribution < -0.4 is 11.5 Å². The topological polar surface area (TPSA) is 138 Å². The van der Waals surface area contributed by atoms with Crippen LogP contribution in [0.4, 0.5) is 11.4 Å². The Labute approximate surface area is 309 Å². The number of fused-ring (bicyclic) bond motifs is 2. The van der Waals surface area contributed by atoms with Gasteiger partial charge >= 0.3 is 0 Å². The molecule has 8 aromatic rings. The van der Waals surface area contributed by atoms with E-state index < -0.39 is 5.78 Å². The minimum absolute atomic E-state index is 0.315. The average Bonchev–Trinajstić information content (AvgIpc) is 3.20. The van der Waals surface area contributed by atoms with Gasteiger partial charge in [0.1, 0.15) is 0 Å². The van der Waals surface area contributed by atoms with Crippen LogP contribution in [0.2, 0.25) is 0 Å². The van der Waals surface area contributed by atoms with Crippen LogP contribution >= 0.6 is 0 Å². The second-order valence-electron chi connectivity index (χ2n) is 12.2. The van der Waals surface area contributed by atoms with Crippen molar-refractivity contribution in [2.75, 3.05) is 11.5 Å². The van der Waals surface area contributed by atoms with Crippen LogP contribution in [0, 0.1) is 20.8 Å². The first-order valence-corrected chi connectivity index (χ1v) is 16.9. The van der Waals surface area contributed by atoms with Crippen molar-refractivity contribution in [2.24, 2.45) is 0 Å². The van der Waals surface area contributed by atoms with Gasteiger partial charge in [-0.2, -0.15) is 0 Å². The lowest BCUT2D eigenvalue weighted by molar-refractivity contribution is -0.104. The number of hydrogen-bond acceptors (Lipinski definition) is 8. The van der Waals surface area contributed by atoms with Gasteiger partial charge in [-0.25, -0.2) is 9.97 Å². The zero-order valence-corrected chi connectivity index (χ0v) is 29.8. The number of aromatic nitrogens is 4. The fraction of sp³-hybridized carbons (Fsp3) is 0.0667. The van der Waals surface area contributed by atoms with Crippen molar-refractivity contribution < 1.29 is 9.59 Å². The highest BCUT2D eigenvalue weighted by Gasteiger charge is 2.04. The van der Waals surface area contributed by atoms with Crippen LogP contribution in [-0.4, -0.2) is 32.0 Å². The third-order valence-corrected chi connectivity index (χ3v) is 7.94. The third kappa shape index (κ3) is 10.7. The highest BCUT2D eigenvalue weighted by atomic mass is 16.2. The van der Waals surface area contributed by atoms with E-state index in [2.05, 4.69) is 58.0 Å². The van der Waals surface area contributed by atoms with E-state index in [4.69, 9.17) is 11.5 Å². The van der Waals surface area contributed by atoms with Gasteiger partial charge in [-0.15, -0.1) is 0 Å². The summed E-state index contributed by atoms with van der Waals surface area (Å²) in [4.78, 5) is 38.8. The Morgan fingerprint density at radius 1 is 0.491 bits per heavy atom. The number of ketones is 1. The zero-order chi connectivity index (χ0) is 37.6. The number of carbonyl (C=O) groups is 2. The molecule has 0 saturated carbocycles. The summed E-state index contributed by atoms with van der Waals surface area (Å²) >= 11 is 0. The average molecular weight is 697 g/mol. The highest BCUT2D eigenvalue weighted by Crippen LogP contribution is 2.21. The van der Waals surface area contributed by atoms with Crippen molar-refractivity contribution in [3.8, 4) is 22.5 Å². The Morgan fingerprint density at radius 3 is 1.47 bits per heavy atom. The maximum atomic E-state index is 10.6. The maximum absolute atomic E-state index is 10.6. The number of anilines is 2. The monoisotopic (exact) mass is 696 g/mol. The first-order valence-electron chi connectivity index (χ1n) is 16.9. The molecule has 4 N–H and O–H groups in total. The molecule has 0 aliphatic carbocycles. The first-order chi connectivity index (χ1) is 25.7. The van der Waals surface area contributed by atoms with Crippen molar-refractivity contribution in [3.63, 3.8) is 0 Å². The molecule has 0 aliphatic heterocycles. The van der Waals surface area contributed by atoms with E-state index >= 15 is 0 Å². The normalized spacial score (nSPS) is 10.1. The van der Waals surface area contributed by atoms with Crippen molar-refractivity contribution in [1.29, 1.82) is 0 Å². The molecule has 2 aromatic heterocycles. The first kappa shape index (κ1) is 37.2. The fourth-order valence-electron chi connectivity index (χ4n) is 5.10. The Hall–Kier alpha value is -7.06. The van der Waals surface area contributed by atoms with Gasteiger partial charge in [0, 0.05) is 16.7 Å². The van der Waals surface area contributed by atoms with Gasteiger partial charge in [-0.3, -0.25) is 19.6 Å². The Morgan fingerprint density at radius 2 is 0.943 bits per heavy atom. The largest absolute Gasteiger partial charge is 0.397 e. The Kier molecular flexibility index (Phi) is 12.8. The summed E-state index contributed by atoms with van der Waals surface area (Å²) in [5.74, 6) is -0.472. The minimum atomic E-state index is -0.472. The summed E-state index contributed by atoms with van der Waals surface area (Å²) in [6, 6.07) is 46.5. The highest BCUT2D eigenvalue weighted by molar-refractivity contribution is 6.33. The third-order valence-electron chi connectivity index (χ3n) is 7.94. The van der Waals surface area contributed by atoms with Crippen molar-refractivity contribution in [2.45, 2.75) is 20.8 Å². The number of nitrogens with two attached hydrogens (primary N) is 2. The lowest BCUT2D eigenvalue weighted by Gasteiger charge is -2.03.